The number of carbonyl (C=O) groups excluding carboxylic acids is 2. The Bertz CT molecular complexity index is 692. The molecule has 1 atom stereocenters. The van der Waals surface area contributed by atoms with Crippen molar-refractivity contribution in [1.29, 1.82) is 0 Å². The Balaban J connectivity index is 1.67. The molecule has 2 amide bonds. The number of furan rings is 1. The summed E-state index contributed by atoms with van der Waals surface area (Å²) in [6, 6.07) is 9.49. The van der Waals surface area contributed by atoms with E-state index in [0.717, 1.165) is 12.8 Å². The summed E-state index contributed by atoms with van der Waals surface area (Å²) in [5.41, 5.74) is 0.997. The predicted molar refractivity (Wildman–Crippen MR) is 83.8 cm³/mol. The summed E-state index contributed by atoms with van der Waals surface area (Å²) >= 11 is 0. The second kappa shape index (κ2) is 6.66. The van der Waals surface area contributed by atoms with Crippen molar-refractivity contribution in [1.82, 2.24) is 5.32 Å². The van der Waals surface area contributed by atoms with Crippen LogP contribution in [0.15, 0.2) is 47.1 Å². The minimum absolute atomic E-state index is 0.00798. The average molecular weight is 314 g/mol. The van der Waals surface area contributed by atoms with E-state index in [0.29, 0.717) is 17.0 Å². The van der Waals surface area contributed by atoms with E-state index < -0.39 is 6.04 Å². The van der Waals surface area contributed by atoms with Gasteiger partial charge in [-0.3, -0.25) is 9.59 Å². The number of benzene rings is 1. The van der Waals surface area contributed by atoms with E-state index >= 15 is 0 Å². The van der Waals surface area contributed by atoms with Crippen LogP contribution in [0.25, 0.3) is 0 Å². The van der Waals surface area contributed by atoms with Crippen molar-refractivity contribution < 1.29 is 19.1 Å². The van der Waals surface area contributed by atoms with Crippen molar-refractivity contribution in [3.63, 3.8) is 0 Å². The van der Waals surface area contributed by atoms with E-state index in [9.17, 15) is 14.7 Å². The number of anilines is 1. The second-order valence-corrected chi connectivity index (χ2v) is 5.57. The SMILES string of the molecule is O=C(NC(CO)c1ccco1)c1cccc(NC(=O)C2CC2)c1. The Hall–Kier alpha value is -2.60. The fourth-order valence-corrected chi connectivity index (χ4v) is 2.27. The average Bonchev–Trinajstić information content (AvgIpc) is 3.28. The molecule has 1 aromatic carbocycles. The van der Waals surface area contributed by atoms with Crippen LogP contribution in [0.5, 0.6) is 0 Å². The molecule has 1 fully saturated rings. The molecule has 2 aromatic rings. The van der Waals surface area contributed by atoms with E-state index in [4.69, 9.17) is 4.42 Å². The molecule has 1 aromatic heterocycles. The zero-order chi connectivity index (χ0) is 16.2. The summed E-state index contributed by atoms with van der Waals surface area (Å²) in [4.78, 5) is 24.1. The molecule has 0 aliphatic heterocycles. The molecular formula is C17H18N2O4. The lowest BCUT2D eigenvalue weighted by molar-refractivity contribution is -0.117. The van der Waals surface area contributed by atoms with Crippen LogP contribution >= 0.6 is 0 Å². The monoisotopic (exact) mass is 314 g/mol. The van der Waals surface area contributed by atoms with Crippen molar-refractivity contribution in [3.05, 3.63) is 54.0 Å². The summed E-state index contributed by atoms with van der Waals surface area (Å²) in [7, 11) is 0. The van der Waals surface area contributed by atoms with Crippen molar-refractivity contribution >= 4 is 17.5 Å². The number of aliphatic hydroxyl groups excluding tert-OH is 1. The lowest BCUT2D eigenvalue weighted by Gasteiger charge is -2.14. The summed E-state index contributed by atoms with van der Waals surface area (Å²) in [5.74, 6) is 0.235. The number of aliphatic hydroxyl groups is 1. The number of hydrogen-bond acceptors (Lipinski definition) is 4. The number of hydrogen-bond donors (Lipinski definition) is 3. The summed E-state index contributed by atoms with van der Waals surface area (Å²) in [5, 5.41) is 14.9. The lowest BCUT2D eigenvalue weighted by atomic mass is 10.1. The van der Waals surface area contributed by atoms with Crippen LogP contribution in [-0.2, 0) is 4.79 Å². The van der Waals surface area contributed by atoms with E-state index in [1.807, 2.05) is 0 Å². The molecule has 6 nitrogen and oxygen atoms in total. The largest absolute Gasteiger partial charge is 0.467 e. The lowest BCUT2D eigenvalue weighted by Crippen LogP contribution is -2.30. The van der Waals surface area contributed by atoms with Gasteiger partial charge in [0.1, 0.15) is 11.8 Å². The Kier molecular flexibility index (Phi) is 4.43. The van der Waals surface area contributed by atoms with Crippen molar-refractivity contribution in [2.75, 3.05) is 11.9 Å². The maximum atomic E-state index is 12.3. The van der Waals surface area contributed by atoms with Gasteiger partial charge in [0, 0.05) is 17.2 Å². The fourth-order valence-electron chi connectivity index (χ4n) is 2.27. The van der Waals surface area contributed by atoms with Crippen LogP contribution < -0.4 is 10.6 Å². The van der Waals surface area contributed by atoms with Crippen LogP contribution in [0.4, 0.5) is 5.69 Å². The number of amides is 2. The molecular weight excluding hydrogens is 296 g/mol. The molecule has 1 aliphatic carbocycles. The summed E-state index contributed by atoms with van der Waals surface area (Å²) in [6.07, 6.45) is 3.33. The van der Waals surface area contributed by atoms with E-state index in [1.165, 1.54) is 6.26 Å². The molecule has 1 unspecified atom stereocenters. The van der Waals surface area contributed by atoms with Gasteiger partial charge in [-0.05, 0) is 43.2 Å². The van der Waals surface area contributed by atoms with Gasteiger partial charge in [-0.25, -0.2) is 0 Å². The standard InChI is InChI=1S/C17H18N2O4/c20-10-14(15-5-2-8-23-15)19-17(22)12-3-1-4-13(9-12)18-16(21)11-6-7-11/h1-5,8-9,11,14,20H,6-7,10H2,(H,18,21)(H,19,22). The van der Waals surface area contributed by atoms with Crippen molar-refractivity contribution in [2.24, 2.45) is 5.92 Å². The quantitative estimate of drug-likeness (QED) is 0.761. The molecule has 0 bridgehead atoms. The zero-order valence-corrected chi connectivity index (χ0v) is 12.5. The van der Waals surface area contributed by atoms with Gasteiger partial charge >= 0.3 is 0 Å². The molecule has 3 rings (SSSR count). The van der Waals surface area contributed by atoms with Gasteiger partial charge in [-0.15, -0.1) is 0 Å². The van der Waals surface area contributed by atoms with Gasteiger partial charge in [0.15, 0.2) is 0 Å². The smallest absolute Gasteiger partial charge is 0.252 e. The molecule has 1 aliphatic rings. The normalized spacial score (nSPS) is 15.0. The summed E-state index contributed by atoms with van der Waals surface area (Å²) in [6.45, 7) is -0.267. The summed E-state index contributed by atoms with van der Waals surface area (Å²) < 4.78 is 5.20. The number of carbonyl (C=O) groups is 2. The Morgan fingerprint density at radius 1 is 1.26 bits per heavy atom. The fraction of sp³-hybridized carbons (Fsp3) is 0.294. The molecule has 0 spiro atoms. The Morgan fingerprint density at radius 2 is 2.09 bits per heavy atom. The second-order valence-electron chi connectivity index (χ2n) is 5.57. The topological polar surface area (TPSA) is 91.6 Å². The van der Waals surface area contributed by atoms with Crippen molar-refractivity contribution in [2.45, 2.75) is 18.9 Å². The van der Waals surface area contributed by atoms with E-state index in [1.54, 1.807) is 36.4 Å². The van der Waals surface area contributed by atoms with Gasteiger partial charge in [0.25, 0.3) is 5.91 Å². The molecule has 6 heteroatoms. The van der Waals surface area contributed by atoms with Crippen LogP contribution in [-0.4, -0.2) is 23.5 Å². The molecule has 3 N–H and O–H groups in total. The zero-order valence-electron chi connectivity index (χ0n) is 12.5. The maximum Gasteiger partial charge on any atom is 0.252 e. The highest BCUT2D eigenvalue weighted by Crippen LogP contribution is 2.30. The first-order chi connectivity index (χ1) is 11.2. The van der Waals surface area contributed by atoms with Crippen molar-refractivity contribution in [3.8, 4) is 0 Å². The highest BCUT2D eigenvalue weighted by atomic mass is 16.3. The minimum atomic E-state index is -0.609. The molecule has 0 saturated heterocycles. The molecule has 1 heterocycles. The minimum Gasteiger partial charge on any atom is -0.467 e. The Labute approximate surface area is 133 Å². The van der Waals surface area contributed by atoms with Crippen LogP contribution in [0.2, 0.25) is 0 Å². The van der Waals surface area contributed by atoms with Crippen LogP contribution in [0, 0.1) is 5.92 Å². The first-order valence-electron chi connectivity index (χ1n) is 7.53. The highest BCUT2D eigenvalue weighted by molar-refractivity contribution is 5.98. The van der Waals surface area contributed by atoms with Gasteiger partial charge in [-0.2, -0.15) is 0 Å². The van der Waals surface area contributed by atoms with Crippen LogP contribution in [0.3, 0.4) is 0 Å². The first-order valence-corrected chi connectivity index (χ1v) is 7.53. The third-order valence-corrected chi connectivity index (χ3v) is 3.71. The molecule has 0 radical (unpaired) electrons. The van der Waals surface area contributed by atoms with Gasteiger partial charge in [0.05, 0.1) is 12.9 Å². The molecule has 23 heavy (non-hydrogen) atoms. The van der Waals surface area contributed by atoms with E-state index in [-0.39, 0.29) is 24.3 Å². The third kappa shape index (κ3) is 3.78. The van der Waals surface area contributed by atoms with E-state index in [2.05, 4.69) is 10.6 Å². The molecule has 1 saturated carbocycles. The highest BCUT2D eigenvalue weighted by Gasteiger charge is 2.29. The Morgan fingerprint density at radius 3 is 2.74 bits per heavy atom. The van der Waals surface area contributed by atoms with Gasteiger partial charge in [0.2, 0.25) is 5.91 Å². The third-order valence-electron chi connectivity index (χ3n) is 3.71. The van der Waals surface area contributed by atoms with Crippen LogP contribution in [0.1, 0.15) is 35.0 Å². The molecule has 120 valence electrons. The van der Waals surface area contributed by atoms with Gasteiger partial charge < -0.3 is 20.2 Å². The predicted octanol–water partition coefficient (Wildman–Crippen LogP) is 2.09. The van der Waals surface area contributed by atoms with Gasteiger partial charge in [-0.1, -0.05) is 6.07 Å². The number of nitrogens with one attached hydrogen (secondary N) is 2. The maximum absolute atomic E-state index is 12.3. The first kappa shape index (κ1) is 15.3. The number of rotatable bonds is 6.